The maximum Gasteiger partial charge on any atom is 0.344 e. The normalized spacial score (nSPS) is 29.0. The van der Waals surface area contributed by atoms with Crippen LogP contribution < -0.4 is 0 Å². The van der Waals surface area contributed by atoms with E-state index in [1.807, 2.05) is 0 Å². The van der Waals surface area contributed by atoms with Crippen LogP contribution in [0.25, 0.3) is 24.3 Å². The van der Waals surface area contributed by atoms with Crippen molar-refractivity contribution in [1.29, 1.82) is 0 Å². The van der Waals surface area contributed by atoms with Gasteiger partial charge < -0.3 is 16.5 Å². The van der Waals surface area contributed by atoms with E-state index in [0.29, 0.717) is 0 Å². The minimum atomic E-state index is -3.05. The van der Waals surface area contributed by atoms with Gasteiger partial charge in [-0.05, 0) is 167 Å². The molecule has 1 fully saturated rings. The van der Waals surface area contributed by atoms with E-state index in [-0.39, 0.29) is 0 Å². The zero-order chi connectivity index (χ0) is 35.6. The van der Waals surface area contributed by atoms with Gasteiger partial charge in [0, 0.05) is 0 Å². The first-order valence-corrected chi connectivity index (χ1v) is 28.6. The average Bonchev–Trinajstić information content (AvgIpc) is 3.04. The van der Waals surface area contributed by atoms with E-state index in [0.717, 1.165) is 25.7 Å². The largest absolute Gasteiger partial charge is 0.410 e. The van der Waals surface area contributed by atoms with Crippen LogP contribution in [0, 0.1) is 0 Å². The second kappa shape index (κ2) is 13.1. The van der Waals surface area contributed by atoms with Gasteiger partial charge in [0.25, 0.3) is 0 Å². The summed E-state index contributed by atoms with van der Waals surface area (Å²) in [6.45, 7) is 8.70. The van der Waals surface area contributed by atoms with Gasteiger partial charge in [-0.15, -0.1) is 0 Å². The van der Waals surface area contributed by atoms with Crippen molar-refractivity contribution in [2.45, 2.75) is 77.6 Å². The van der Waals surface area contributed by atoms with Crippen LogP contribution in [0.3, 0.4) is 0 Å². The Balaban J connectivity index is 1.10. The van der Waals surface area contributed by atoms with E-state index >= 15 is 0 Å². The van der Waals surface area contributed by atoms with Gasteiger partial charge >= 0.3 is 34.2 Å². The van der Waals surface area contributed by atoms with Crippen LogP contribution in [0.5, 0.6) is 0 Å². The molecule has 0 N–H and O–H groups in total. The Labute approximate surface area is 313 Å². The van der Waals surface area contributed by atoms with Crippen LogP contribution in [-0.4, -0.2) is 34.2 Å². The first-order chi connectivity index (χ1) is 25.0. The molecule has 1 saturated heterocycles. The quantitative estimate of drug-likeness (QED) is 0.168. The van der Waals surface area contributed by atoms with Gasteiger partial charge in [0.1, 0.15) is 0 Å². The van der Waals surface area contributed by atoms with E-state index < -0.39 is 34.2 Å². The predicted octanol–water partition coefficient (Wildman–Crippen LogP) is 9.76. The highest BCUT2D eigenvalue weighted by Gasteiger charge is 2.54. The molecule has 52 heavy (non-hydrogen) atoms. The predicted molar refractivity (Wildman–Crippen MR) is 222 cm³/mol. The fourth-order valence-corrected chi connectivity index (χ4v) is 27.4. The number of hydrogen-bond acceptors (Lipinski definition) is 4. The van der Waals surface area contributed by atoms with Crippen molar-refractivity contribution in [2.24, 2.45) is 0 Å². The summed E-state index contributed by atoms with van der Waals surface area (Å²) in [6.07, 6.45) is 18.2. The van der Waals surface area contributed by atoms with Crippen molar-refractivity contribution >= 4 is 58.5 Å². The highest BCUT2D eigenvalue weighted by Crippen LogP contribution is 2.36. The Hall–Kier alpha value is -3.45. The SMILES string of the molecule is C[Si]1(/C=C/c2ccc3c(c2)CC3)O[Si](C)(/C=C/c2ccc3c(c2)CC3)O[Si](C)(/C=C/c2ccc3c(c2)CC3)O[Si](C)(/C=C/c2ccc3c(c2)CC3)O1. The molecule has 4 aliphatic carbocycles. The average molecular weight is 753 g/mol. The molecule has 0 aromatic heterocycles. The summed E-state index contributed by atoms with van der Waals surface area (Å²) in [5, 5.41) is 0. The van der Waals surface area contributed by atoms with E-state index in [1.165, 1.54) is 92.4 Å². The van der Waals surface area contributed by atoms with Crippen molar-refractivity contribution < 1.29 is 16.5 Å². The Morgan fingerprint density at radius 2 is 0.538 bits per heavy atom. The Morgan fingerprint density at radius 3 is 0.712 bits per heavy atom. The molecule has 9 rings (SSSR count). The summed E-state index contributed by atoms with van der Waals surface area (Å²) in [7, 11) is -12.2. The lowest BCUT2D eigenvalue weighted by Crippen LogP contribution is -2.66. The van der Waals surface area contributed by atoms with E-state index in [9.17, 15) is 0 Å². The van der Waals surface area contributed by atoms with Crippen molar-refractivity contribution in [1.82, 2.24) is 0 Å². The molecule has 0 spiro atoms. The van der Waals surface area contributed by atoms with Crippen LogP contribution in [0.15, 0.2) is 95.6 Å². The smallest absolute Gasteiger partial charge is 0.344 e. The maximum absolute atomic E-state index is 7.41. The molecule has 0 amide bonds. The molecule has 4 aromatic carbocycles. The van der Waals surface area contributed by atoms with E-state index in [1.54, 1.807) is 0 Å². The molecule has 1 aliphatic heterocycles. The van der Waals surface area contributed by atoms with E-state index in [2.05, 4.69) is 146 Å². The molecular weight excluding hydrogens is 705 g/mol. The first-order valence-electron chi connectivity index (χ1n) is 19.1. The van der Waals surface area contributed by atoms with Crippen molar-refractivity contribution in [3.05, 3.63) is 162 Å². The van der Waals surface area contributed by atoms with Crippen molar-refractivity contribution in [3.63, 3.8) is 0 Å². The van der Waals surface area contributed by atoms with Gasteiger partial charge in [-0.2, -0.15) is 0 Å². The standard InChI is InChI=1S/C44H48O4Si4/c1-49(25-21-33-5-9-37-13-17-41(37)29-33)45-50(2,26-22-34-6-10-38-14-18-42(38)30-34)47-52(4,28-24-36-8-12-40-16-20-44(40)32-36)48-51(3,46-49)27-23-35-7-11-39-15-19-43(39)31-35/h5-12,21-32H,13-20H2,1-4H3/b25-21+,26-22+,27-23+,28-24+. The third kappa shape index (κ3) is 7.11. The van der Waals surface area contributed by atoms with Crippen LogP contribution in [0.4, 0.5) is 0 Å². The van der Waals surface area contributed by atoms with Gasteiger partial charge in [0.05, 0.1) is 0 Å². The summed E-state index contributed by atoms with van der Waals surface area (Å²) in [5.74, 6) is 0. The van der Waals surface area contributed by atoms with Gasteiger partial charge in [-0.3, -0.25) is 0 Å². The molecule has 0 unspecified atom stereocenters. The molecule has 0 atom stereocenters. The van der Waals surface area contributed by atoms with Crippen molar-refractivity contribution in [3.8, 4) is 0 Å². The second-order valence-electron chi connectivity index (χ2n) is 15.9. The molecule has 4 nitrogen and oxygen atoms in total. The fraction of sp³-hybridized carbons (Fsp3) is 0.273. The number of benzene rings is 4. The Morgan fingerprint density at radius 1 is 0.327 bits per heavy atom. The molecule has 4 aromatic rings. The van der Waals surface area contributed by atoms with Gasteiger partial charge in [-0.25, -0.2) is 0 Å². The summed E-state index contributed by atoms with van der Waals surface area (Å²) < 4.78 is 29.6. The second-order valence-corrected chi connectivity index (χ2v) is 28.6. The Bertz CT molecular complexity index is 1880. The molecule has 5 aliphatic rings. The molecule has 0 radical (unpaired) electrons. The Kier molecular flexibility index (Phi) is 8.67. The van der Waals surface area contributed by atoms with Crippen LogP contribution in [-0.2, 0) is 67.8 Å². The van der Waals surface area contributed by atoms with Crippen LogP contribution >= 0.6 is 0 Å². The molecule has 0 bridgehead atoms. The zero-order valence-corrected chi connectivity index (χ0v) is 34.8. The molecule has 264 valence electrons. The lowest BCUT2D eigenvalue weighted by molar-refractivity contribution is 0.251. The summed E-state index contributed by atoms with van der Waals surface area (Å²) >= 11 is 0. The highest BCUT2D eigenvalue weighted by atomic mass is 28.5. The summed E-state index contributed by atoms with van der Waals surface area (Å²) in [5.41, 5.74) is 25.3. The summed E-state index contributed by atoms with van der Waals surface area (Å²) in [6, 6.07) is 27.2. The molecule has 0 saturated carbocycles. The summed E-state index contributed by atoms with van der Waals surface area (Å²) in [4.78, 5) is 0. The molecule has 8 heteroatoms. The molecular formula is C44H48O4Si4. The highest BCUT2D eigenvalue weighted by molar-refractivity contribution is 6.98. The van der Waals surface area contributed by atoms with Crippen molar-refractivity contribution in [2.75, 3.05) is 0 Å². The van der Waals surface area contributed by atoms with Gasteiger partial charge in [0.15, 0.2) is 0 Å². The minimum Gasteiger partial charge on any atom is -0.410 e. The number of aryl methyl sites for hydroxylation is 8. The van der Waals surface area contributed by atoms with Gasteiger partial charge in [0.2, 0.25) is 0 Å². The molecule has 1 heterocycles. The first kappa shape index (κ1) is 34.3. The van der Waals surface area contributed by atoms with Crippen LogP contribution in [0.1, 0.15) is 66.8 Å². The van der Waals surface area contributed by atoms with Crippen LogP contribution in [0.2, 0.25) is 26.2 Å². The monoisotopic (exact) mass is 752 g/mol. The third-order valence-corrected chi connectivity index (χ3v) is 27.6. The van der Waals surface area contributed by atoms with E-state index in [4.69, 9.17) is 16.5 Å². The minimum absolute atomic E-state index is 1.15. The zero-order valence-electron chi connectivity index (χ0n) is 30.8. The van der Waals surface area contributed by atoms with Gasteiger partial charge in [-0.1, -0.05) is 97.1 Å². The lowest BCUT2D eigenvalue weighted by atomic mass is 9.87. The fourth-order valence-electron chi connectivity index (χ4n) is 8.23. The maximum atomic E-state index is 7.41. The lowest BCUT2D eigenvalue weighted by Gasteiger charge is -2.47. The number of fused-ring (bicyclic) bond motifs is 4. The third-order valence-electron chi connectivity index (χ3n) is 11.5. The number of hydrogen-bond donors (Lipinski definition) is 0. The number of rotatable bonds is 8. The topological polar surface area (TPSA) is 36.9 Å².